The third kappa shape index (κ3) is 6.92. The quantitative estimate of drug-likeness (QED) is 0.155. The monoisotopic (exact) mass is 563 g/mol. The zero-order valence-corrected chi connectivity index (χ0v) is 25.5. The minimum Gasteiger partial charge on any atom is -0.633 e. The van der Waals surface area contributed by atoms with Crippen molar-refractivity contribution in [3.63, 3.8) is 0 Å². The largest absolute Gasteiger partial charge is 0.633 e. The highest BCUT2D eigenvalue weighted by atomic mass is 16.5. The second-order valence-electron chi connectivity index (χ2n) is 12.6. The van der Waals surface area contributed by atoms with Gasteiger partial charge < -0.3 is 20.3 Å². The Morgan fingerprint density at radius 3 is 2.00 bits per heavy atom. The molecule has 2 atom stereocenters. The van der Waals surface area contributed by atoms with Crippen LogP contribution in [0.3, 0.4) is 0 Å². The lowest BCUT2D eigenvalue weighted by atomic mass is 9.70. The molecule has 2 unspecified atom stereocenters. The van der Waals surface area contributed by atoms with E-state index < -0.39 is 5.54 Å². The summed E-state index contributed by atoms with van der Waals surface area (Å²) in [6, 6.07) is 31.3. The van der Waals surface area contributed by atoms with Crippen molar-refractivity contribution in [1.82, 2.24) is 4.98 Å². The van der Waals surface area contributed by atoms with Gasteiger partial charge in [0.05, 0.1) is 13.1 Å². The van der Waals surface area contributed by atoms with E-state index in [0.717, 1.165) is 12.0 Å². The fourth-order valence-electron chi connectivity index (χ4n) is 6.67. The number of aryl methyl sites for hydroxylation is 1. The molecule has 2 N–H and O–H groups in total. The number of benzene rings is 3. The number of nitrogens with zero attached hydrogens (tertiary/aromatic N) is 2. The van der Waals surface area contributed by atoms with Crippen molar-refractivity contribution in [3.8, 4) is 11.6 Å². The Morgan fingerprint density at radius 1 is 0.857 bits per heavy atom. The first-order chi connectivity index (χ1) is 20.2. The lowest BCUT2D eigenvalue weighted by Crippen LogP contribution is -2.59. The summed E-state index contributed by atoms with van der Waals surface area (Å²) in [6.45, 7) is 10.4. The van der Waals surface area contributed by atoms with E-state index in [2.05, 4.69) is 81.2 Å². The van der Waals surface area contributed by atoms with Gasteiger partial charge in [0.15, 0.2) is 0 Å². The summed E-state index contributed by atoms with van der Waals surface area (Å²) < 4.78 is 5.56. The zero-order chi connectivity index (χ0) is 29.7. The number of piperidine rings is 1. The second-order valence-corrected chi connectivity index (χ2v) is 12.6. The highest BCUT2D eigenvalue weighted by Crippen LogP contribution is 2.42. The van der Waals surface area contributed by atoms with Crippen molar-refractivity contribution in [1.29, 1.82) is 0 Å². The molecule has 0 radical (unpaired) electrons. The molecular weight excluding hydrogens is 518 g/mol. The maximum Gasteiger partial charge on any atom is 0.219 e. The topological polar surface area (TPSA) is 71.2 Å². The third-order valence-electron chi connectivity index (χ3n) is 9.15. The van der Waals surface area contributed by atoms with E-state index in [1.165, 1.54) is 22.3 Å². The number of aromatic nitrogens is 1. The number of rotatable bonds is 10. The van der Waals surface area contributed by atoms with E-state index in [9.17, 15) is 5.21 Å². The van der Waals surface area contributed by atoms with E-state index in [-0.39, 0.29) is 10.6 Å². The van der Waals surface area contributed by atoms with E-state index >= 15 is 0 Å². The molecule has 1 aliphatic rings. The Hall–Kier alpha value is -3.51. The van der Waals surface area contributed by atoms with Crippen LogP contribution in [0.1, 0.15) is 79.7 Å². The summed E-state index contributed by atoms with van der Waals surface area (Å²) in [7, 11) is 0. The summed E-state index contributed by atoms with van der Waals surface area (Å²) in [6.07, 6.45) is 4.17. The lowest BCUT2D eigenvalue weighted by Gasteiger charge is -2.52. The predicted octanol–water partition coefficient (Wildman–Crippen LogP) is 8.47. The molecule has 0 spiro atoms. The third-order valence-corrected chi connectivity index (χ3v) is 9.15. The van der Waals surface area contributed by atoms with Crippen LogP contribution in [-0.4, -0.2) is 28.3 Å². The van der Waals surface area contributed by atoms with Gasteiger partial charge in [-0.3, -0.25) is 0 Å². The van der Waals surface area contributed by atoms with Gasteiger partial charge in [0.25, 0.3) is 0 Å². The van der Waals surface area contributed by atoms with Crippen molar-refractivity contribution in [2.24, 2.45) is 11.7 Å². The first kappa shape index (κ1) is 30.0. The van der Waals surface area contributed by atoms with Crippen molar-refractivity contribution < 1.29 is 9.38 Å². The van der Waals surface area contributed by atoms with Gasteiger partial charge in [-0.05, 0) is 72.2 Å². The van der Waals surface area contributed by atoms with Gasteiger partial charge in [-0.2, -0.15) is 0 Å². The van der Waals surface area contributed by atoms with Crippen LogP contribution in [0, 0.1) is 18.0 Å². The van der Waals surface area contributed by atoms with Crippen molar-refractivity contribution in [2.75, 3.05) is 13.1 Å². The number of pyridine rings is 1. The predicted molar refractivity (Wildman–Crippen MR) is 171 cm³/mol. The SMILES string of the molecule is CCC(c1ccc(C(c2ccc(C)cc2)C2(N)CC[N+]([O-])(Cc3ccc(Oc4ccccn4)cc3)CC2)cc1)C(C)C. The van der Waals surface area contributed by atoms with Crippen LogP contribution >= 0.6 is 0 Å². The van der Waals surface area contributed by atoms with Gasteiger partial charge >= 0.3 is 0 Å². The molecule has 1 aliphatic heterocycles. The van der Waals surface area contributed by atoms with Crippen molar-refractivity contribution in [3.05, 3.63) is 130 Å². The molecule has 1 fully saturated rings. The normalized spacial score (nSPS) is 22.1. The average molecular weight is 564 g/mol. The number of ether oxygens (including phenoxy) is 1. The molecule has 0 bridgehead atoms. The maximum absolute atomic E-state index is 14.0. The van der Waals surface area contributed by atoms with Gasteiger partial charge in [-0.15, -0.1) is 0 Å². The van der Waals surface area contributed by atoms with Crippen LogP contribution in [0.2, 0.25) is 0 Å². The summed E-state index contributed by atoms with van der Waals surface area (Å²) in [5, 5.41) is 14.0. The smallest absolute Gasteiger partial charge is 0.219 e. The maximum atomic E-state index is 14.0. The molecule has 0 aliphatic carbocycles. The van der Waals surface area contributed by atoms with Crippen molar-refractivity contribution >= 4 is 0 Å². The molecular formula is C37H45N3O2. The molecule has 2 heterocycles. The van der Waals surface area contributed by atoms with Crippen LogP contribution < -0.4 is 10.5 Å². The number of hydrogen-bond acceptors (Lipinski definition) is 4. The van der Waals surface area contributed by atoms with Crippen LogP contribution in [0.15, 0.2) is 97.2 Å². The van der Waals surface area contributed by atoms with Crippen LogP contribution in [0.5, 0.6) is 11.6 Å². The highest BCUT2D eigenvalue weighted by molar-refractivity contribution is 5.40. The van der Waals surface area contributed by atoms with Crippen LogP contribution in [0.4, 0.5) is 0 Å². The molecule has 220 valence electrons. The lowest BCUT2D eigenvalue weighted by molar-refractivity contribution is -0.900. The molecule has 3 aromatic carbocycles. The minimum absolute atomic E-state index is 0.0306. The Bertz CT molecular complexity index is 1410. The molecule has 42 heavy (non-hydrogen) atoms. The van der Waals surface area contributed by atoms with E-state index in [4.69, 9.17) is 10.5 Å². The number of quaternary nitrogens is 1. The van der Waals surface area contributed by atoms with Gasteiger partial charge in [-0.1, -0.05) is 80.9 Å². The molecule has 1 saturated heterocycles. The summed E-state index contributed by atoms with van der Waals surface area (Å²) >= 11 is 0. The number of hydrogen-bond donors (Lipinski definition) is 1. The van der Waals surface area contributed by atoms with Gasteiger partial charge in [0.1, 0.15) is 12.3 Å². The van der Waals surface area contributed by atoms with Crippen LogP contribution in [0.25, 0.3) is 0 Å². The Kier molecular flexibility index (Phi) is 9.12. The van der Waals surface area contributed by atoms with Gasteiger partial charge in [0, 0.05) is 42.1 Å². The number of nitrogens with two attached hydrogens (primary N) is 1. The Balaban J connectivity index is 1.32. The first-order valence-corrected chi connectivity index (χ1v) is 15.4. The Morgan fingerprint density at radius 2 is 1.45 bits per heavy atom. The molecule has 4 aromatic rings. The second kappa shape index (κ2) is 12.8. The van der Waals surface area contributed by atoms with E-state index in [1.807, 2.05) is 42.5 Å². The molecule has 0 amide bonds. The minimum atomic E-state index is -0.495. The first-order valence-electron chi connectivity index (χ1n) is 15.4. The summed E-state index contributed by atoms with van der Waals surface area (Å²) in [4.78, 5) is 4.21. The zero-order valence-electron chi connectivity index (χ0n) is 25.5. The van der Waals surface area contributed by atoms with Gasteiger partial charge in [-0.25, -0.2) is 4.98 Å². The number of likely N-dealkylation sites (tertiary alicyclic amines) is 1. The highest BCUT2D eigenvalue weighted by Gasteiger charge is 2.43. The fourth-order valence-corrected chi connectivity index (χ4v) is 6.67. The van der Waals surface area contributed by atoms with Gasteiger partial charge in [0.2, 0.25) is 5.88 Å². The molecule has 1 aromatic heterocycles. The standard InChI is InChI=1S/C37H45N3O2/c1-5-34(27(2)3)30-15-17-32(18-16-30)36(31-13-9-28(4)10-14-31)37(38)21-24-40(41,25-22-37)26-29-11-19-33(20-12-29)42-35-8-6-7-23-39-35/h6-20,23,27,34,36H,5,21-22,24-26,38H2,1-4H3. The van der Waals surface area contributed by atoms with E-state index in [1.54, 1.807) is 6.20 Å². The Labute approximate surface area is 251 Å². The molecule has 0 saturated carbocycles. The summed E-state index contributed by atoms with van der Waals surface area (Å²) in [5.41, 5.74) is 12.9. The molecule has 5 heteroatoms. The average Bonchev–Trinajstić information content (AvgIpc) is 2.99. The summed E-state index contributed by atoms with van der Waals surface area (Å²) in [5.74, 6) is 2.44. The van der Waals surface area contributed by atoms with Crippen molar-refractivity contribution in [2.45, 2.75) is 70.9 Å². The molecule has 5 nitrogen and oxygen atoms in total. The fraction of sp³-hybridized carbons (Fsp3) is 0.378. The van der Waals surface area contributed by atoms with E-state index in [0.29, 0.717) is 55.9 Å². The number of hydroxylamine groups is 3. The van der Waals surface area contributed by atoms with Crippen LogP contribution in [-0.2, 0) is 6.54 Å². The molecule has 5 rings (SSSR count).